The average molecular weight is 408 g/mol. The van der Waals surface area contributed by atoms with Crippen molar-refractivity contribution in [2.75, 3.05) is 5.32 Å². The number of carbonyl (C=O) groups excluding carboxylic acids is 1. The van der Waals surface area contributed by atoms with Crippen molar-refractivity contribution in [1.29, 1.82) is 0 Å². The van der Waals surface area contributed by atoms with Gasteiger partial charge in [0.1, 0.15) is 5.01 Å². The van der Waals surface area contributed by atoms with Crippen LogP contribution >= 0.6 is 34.5 Å². The van der Waals surface area contributed by atoms with E-state index >= 15 is 0 Å². The number of nitrogens with one attached hydrogen (secondary N) is 1. The van der Waals surface area contributed by atoms with E-state index in [2.05, 4.69) is 15.5 Å². The highest BCUT2D eigenvalue weighted by atomic mass is 35.5. The Morgan fingerprint density at radius 1 is 1.08 bits per heavy atom. The SMILES string of the molecule is O=C(Nc1nnc(C23CC4CC(CC(C4)C2)C3)s1)c1cccc(Cl)c1Cl. The Hall–Kier alpha value is -1.17. The molecule has 0 aliphatic heterocycles. The van der Waals surface area contributed by atoms with E-state index in [0.717, 1.165) is 22.8 Å². The molecule has 1 N–H and O–H groups in total. The second-order valence-electron chi connectivity index (χ2n) is 8.17. The van der Waals surface area contributed by atoms with Crippen LogP contribution < -0.4 is 5.32 Å². The van der Waals surface area contributed by atoms with Crippen molar-refractivity contribution in [2.24, 2.45) is 17.8 Å². The van der Waals surface area contributed by atoms with Gasteiger partial charge in [-0.15, -0.1) is 10.2 Å². The number of carbonyl (C=O) groups is 1. The van der Waals surface area contributed by atoms with E-state index in [-0.39, 0.29) is 16.3 Å². The number of aromatic nitrogens is 2. The zero-order valence-electron chi connectivity index (χ0n) is 14.2. The third-order valence-electron chi connectivity index (χ3n) is 6.33. The fourth-order valence-corrected chi connectivity index (χ4v) is 7.05. The van der Waals surface area contributed by atoms with Crippen molar-refractivity contribution in [3.05, 3.63) is 38.8 Å². The summed E-state index contributed by atoms with van der Waals surface area (Å²) < 4.78 is 0. The Balaban J connectivity index is 1.38. The van der Waals surface area contributed by atoms with Crippen LogP contribution in [0.15, 0.2) is 18.2 Å². The molecular weight excluding hydrogens is 389 g/mol. The molecule has 4 saturated carbocycles. The summed E-state index contributed by atoms with van der Waals surface area (Å²) in [7, 11) is 0. The van der Waals surface area contributed by atoms with E-state index < -0.39 is 0 Å². The number of hydrogen-bond acceptors (Lipinski definition) is 4. The molecule has 0 spiro atoms. The molecule has 26 heavy (non-hydrogen) atoms. The van der Waals surface area contributed by atoms with Crippen LogP contribution in [0.3, 0.4) is 0 Å². The lowest BCUT2D eigenvalue weighted by Crippen LogP contribution is -2.48. The van der Waals surface area contributed by atoms with Crippen LogP contribution in [0.4, 0.5) is 5.13 Å². The van der Waals surface area contributed by atoms with E-state index in [1.165, 1.54) is 49.9 Å². The Bertz CT molecular complexity index is 846. The Labute approximate surface area is 166 Å². The molecular formula is C19H19Cl2N3OS. The Morgan fingerprint density at radius 2 is 1.73 bits per heavy atom. The first-order valence-corrected chi connectivity index (χ1v) is 10.7. The molecule has 2 aromatic rings. The predicted octanol–water partition coefficient (Wildman–Crippen LogP) is 5.57. The monoisotopic (exact) mass is 407 g/mol. The minimum Gasteiger partial charge on any atom is -0.296 e. The maximum atomic E-state index is 12.5. The van der Waals surface area contributed by atoms with Crippen LogP contribution in [0.1, 0.15) is 53.9 Å². The standard InChI is InChI=1S/C19H19Cl2N3OS/c20-14-3-1-2-13(15(14)21)16(25)22-18-24-23-17(26-18)19-7-10-4-11(8-19)6-12(5-10)9-19/h1-3,10-12H,4-9H2,(H,22,24,25). The molecule has 4 aliphatic rings. The second-order valence-corrected chi connectivity index (χ2v) is 9.93. The highest BCUT2D eigenvalue weighted by Gasteiger charge is 2.53. The predicted molar refractivity (Wildman–Crippen MR) is 104 cm³/mol. The van der Waals surface area contributed by atoms with Gasteiger partial charge >= 0.3 is 0 Å². The van der Waals surface area contributed by atoms with E-state index in [9.17, 15) is 4.79 Å². The summed E-state index contributed by atoms with van der Waals surface area (Å²) in [4.78, 5) is 12.5. The van der Waals surface area contributed by atoms with Gasteiger partial charge in [-0.3, -0.25) is 10.1 Å². The van der Waals surface area contributed by atoms with E-state index in [4.69, 9.17) is 23.2 Å². The number of rotatable bonds is 3. The normalized spacial score (nSPS) is 32.0. The van der Waals surface area contributed by atoms with Crippen molar-refractivity contribution in [1.82, 2.24) is 10.2 Å². The lowest BCUT2D eigenvalue weighted by molar-refractivity contribution is -0.00555. The largest absolute Gasteiger partial charge is 0.296 e. The van der Waals surface area contributed by atoms with Crippen LogP contribution in [-0.4, -0.2) is 16.1 Å². The van der Waals surface area contributed by atoms with E-state index in [1.807, 2.05) is 0 Å². The number of anilines is 1. The summed E-state index contributed by atoms with van der Waals surface area (Å²) in [6.07, 6.45) is 7.91. The van der Waals surface area contributed by atoms with Crippen LogP contribution in [0.2, 0.25) is 10.0 Å². The fraction of sp³-hybridized carbons (Fsp3) is 0.526. The van der Waals surface area contributed by atoms with Crippen LogP contribution in [0.25, 0.3) is 0 Å². The van der Waals surface area contributed by atoms with Gasteiger partial charge in [-0.2, -0.15) is 0 Å². The molecule has 1 heterocycles. The Morgan fingerprint density at radius 3 is 2.38 bits per heavy atom. The number of amides is 1. The average Bonchev–Trinajstić information content (AvgIpc) is 3.05. The summed E-state index contributed by atoms with van der Waals surface area (Å²) in [5.41, 5.74) is 0.550. The molecule has 1 aromatic heterocycles. The third-order valence-corrected chi connectivity index (χ3v) is 8.24. The molecule has 4 bridgehead atoms. The van der Waals surface area contributed by atoms with Crippen LogP contribution in [0, 0.1) is 17.8 Å². The smallest absolute Gasteiger partial charge is 0.259 e. The van der Waals surface area contributed by atoms with Crippen LogP contribution in [0.5, 0.6) is 0 Å². The van der Waals surface area contributed by atoms with Gasteiger partial charge in [0.05, 0.1) is 15.6 Å². The Kier molecular flexibility index (Phi) is 4.03. The molecule has 1 amide bonds. The topological polar surface area (TPSA) is 54.9 Å². The fourth-order valence-electron chi connectivity index (χ4n) is 5.70. The highest BCUT2D eigenvalue weighted by molar-refractivity contribution is 7.15. The number of hydrogen-bond donors (Lipinski definition) is 1. The first kappa shape index (κ1) is 17.0. The maximum absolute atomic E-state index is 12.5. The summed E-state index contributed by atoms with van der Waals surface area (Å²) in [5, 5.41) is 13.8. The molecule has 0 radical (unpaired) electrons. The number of halogens is 2. The molecule has 0 unspecified atom stereocenters. The summed E-state index contributed by atoms with van der Waals surface area (Å²) in [5.74, 6) is 2.26. The quantitative estimate of drug-likeness (QED) is 0.723. The number of benzene rings is 1. The van der Waals surface area contributed by atoms with Gasteiger partial charge in [0.15, 0.2) is 0 Å². The van der Waals surface area contributed by atoms with Gasteiger partial charge in [-0.05, 0) is 68.4 Å². The van der Waals surface area contributed by atoms with Gasteiger partial charge in [-0.1, -0.05) is 40.6 Å². The highest BCUT2D eigenvalue weighted by Crippen LogP contribution is 2.61. The molecule has 4 fully saturated rings. The van der Waals surface area contributed by atoms with Crippen molar-refractivity contribution < 1.29 is 4.79 Å². The lowest BCUT2D eigenvalue weighted by atomic mass is 9.50. The van der Waals surface area contributed by atoms with Gasteiger partial charge in [-0.25, -0.2) is 0 Å². The van der Waals surface area contributed by atoms with Crippen LogP contribution in [-0.2, 0) is 5.41 Å². The van der Waals surface area contributed by atoms with Gasteiger partial charge in [0, 0.05) is 5.41 Å². The molecule has 0 saturated heterocycles. The number of nitrogens with zero attached hydrogens (tertiary/aromatic N) is 2. The molecule has 7 heteroatoms. The zero-order chi connectivity index (χ0) is 17.9. The summed E-state index contributed by atoms with van der Waals surface area (Å²) in [6.45, 7) is 0. The van der Waals surface area contributed by atoms with E-state index in [1.54, 1.807) is 18.2 Å². The minimum atomic E-state index is -0.300. The first-order chi connectivity index (χ1) is 12.5. The maximum Gasteiger partial charge on any atom is 0.259 e. The first-order valence-electron chi connectivity index (χ1n) is 9.12. The molecule has 6 rings (SSSR count). The molecule has 4 aliphatic carbocycles. The van der Waals surface area contributed by atoms with Gasteiger partial charge < -0.3 is 0 Å². The molecule has 136 valence electrons. The van der Waals surface area contributed by atoms with Gasteiger partial charge in [0.2, 0.25) is 5.13 Å². The minimum absolute atomic E-state index is 0.198. The van der Waals surface area contributed by atoms with E-state index in [0.29, 0.717) is 15.7 Å². The molecule has 4 nitrogen and oxygen atoms in total. The summed E-state index contributed by atoms with van der Waals surface area (Å²) >= 11 is 13.7. The van der Waals surface area contributed by atoms with Crippen molar-refractivity contribution >= 4 is 45.6 Å². The van der Waals surface area contributed by atoms with Crippen molar-refractivity contribution in [2.45, 2.75) is 43.9 Å². The van der Waals surface area contributed by atoms with Crippen molar-refractivity contribution in [3.8, 4) is 0 Å². The lowest BCUT2D eigenvalue weighted by Gasteiger charge is -2.55. The zero-order valence-corrected chi connectivity index (χ0v) is 16.5. The molecule has 0 atom stereocenters. The molecule has 1 aromatic carbocycles. The third kappa shape index (κ3) is 2.76. The van der Waals surface area contributed by atoms with Gasteiger partial charge in [0.25, 0.3) is 5.91 Å². The van der Waals surface area contributed by atoms with Crippen molar-refractivity contribution in [3.63, 3.8) is 0 Å². The second kappa shape index (κ2) is 6.18. The summed E-state index contributed by atoms with van der Waals surface area (Å²) in [6, 6.07) is 5.03.